The van der Waals surface area contributed by atoms with Crippen molar-refractivity contribution in [2.45, 2.75) is 38.4 Å². The summed E-state index contributed by atoms with van der Waals surface area (Å²) in [4.78, 5) is 35.6. The summed E-state index contributed by atoms with van der Waals surface area (Å²) in [7, 11) is 1.43. The zero-order chi connectivity index (χ0) is 23.4. The molecule has 0 atom stereocenters. The minimum Gasteiger partial charge on any atom is -0.493 e. The third-order valence-corrected chi connectivity index (χ3v) is 5.46. The highest BCUT2D eigenvalue weighted by Crippen LogP contribution is 2.47. The van der Waals surface area contributed by atoms with Gasteiger partial charge in [0.1, 0.15) is 0 Å². The normalized spacial score (nSPS) is 15.2. The van der Waals surface area contributed by atoms with Gasteiger partial charge in [-0.25, -0.2) is 4.79 Å². The van der Waals surface area contributed by atoms with Crippen molar-refractivity contribution in [2.75, 3.05) is 25.6 Å². The second-order valence-electron chi connectivity index (χ2n) is 7.90. The average molecular weight is 455 g/mol. The molecular weight excluding hydrogens is 430 g/mol. The zero-order valence-electron chi connectivity index (χ0n) is 18.5. The molecule has 4 rings (SSSR count). The lowest BCUT2D eigenvalue weighted by Crippen LogP contribution is -2.34. The molecule has 1 fully saturated rings. The van der Waals surface area contributed by atoms with Gasteiger partial charge in [-0.2, -0.15) is 0 Å². The van der Waals surface area contributed by atoms with Crippen LogP contribution in [0, 0.1) is 0 Å². The number of ether oxygens (including phenoxy) is 5. The van der Waals surface area contributed by atoms with Gasteiger partial charge in [-0.3, -0.25) is 9.59 Å². The van der Waals surface area contributed by atoms with Crippen molar-refractivity contribution in [1.82, 2.24) is 0 Å². The number of hydrogen-bond donors (Lipinski definition) is 1. The van der Waals surface area contributed by atoms with E-state index in [1.165, 1.54) is 26.2 Å². The predicted molar refractivity (Wildman–Crippen MR) is 117 cm³/mol. The van der Waals surface area contributed by atoms with E-state index in [-0.39, 0.29) is 11.5 Å². The summed E-state index contributed by atoms with van der Waals surface area (Å²) in [5, 5.41) is 2.67. The number of rotatable bonds is 8. The Morgan fingerprint density at radius 2 is 1.73 bits per heavy atom. The Morgan fingerprint density at radius 3 is 2.45 bits per heavy atom. The zero-order valence-corrected chi connectivity index (χ0v) is 18.5. The molecule has 0 aromatic heterocycles. The summed E-state index contributed by atoms with van der Waals surface area (Å²) >= 11 is 0. The number of nitrogens with one attached hydrogen (secondary N) is 1. The Hall–Kier alpha value is -3.75. The van der Waals surface area contributed by atoms with Crippen molar-refractivity contribution in [3.05, 3.63) is 42.0 Å². The van der Waals surface area contributed by atoms with Crippen molar-refractivity contribution in [2.24, 2.45) is 0 Å². The topological polar surface area (TPSA) is 109 Å². The Bertz CT molecular complexity index is 1070. The Labute approximate surface area is 190 Å². The maximum absolute atomic E-state index is 12.2. The third-order valence-electron chi connectivity index (χ3n) is 5.46. The number of Topliss-reactive ketones (excluding diaryl/α,β-unsaturated/α-hetero) is 1. The first-order valence-electron chi connectivity index (χ1n) is 10.7. The van der Waals surface area contributed by atoms with Crippen LogP contribution >= 0.6 is 0 Å². The first kappa shape index (κ1) is 22.4. The molecule has 1 amide bonds. The van der Waals surface area contributed by atoms with E-state index in [1.54, 1.807) is 24.3 Å². The van der Waals surface area contributed by atoms with Crippen molar-refractivity contribution >= 4 is 23.3 Å². The smallest absolute Gasteiger partial charge is 0.344 e. The molecule has 1 aliphatic carbocycles. The van der Waals surface area contributed by atoms with Crippen LogP contribution in [0.1, 0.15) is 43.0 Å². The third kappa shape index (κ3) is 5.19. The van der Waals surface area contributed by atoms with Gasteiger partial charge in [0.2, 0.25) is 0 Å². The molecule has 1 heterocycles. The van der Waals surface area contributed by atoms with Gasteiger partial charge in [0.25, 0.3) is 11.7 Å². The number of fused-ring (bicyclic) bond motifs is 1. The highest BCUT2D eigenvalue weighted by atomic mass is 16.7. The van der Waals surface area contributed by atoms with Crippen molar-refractivity contribution in [1.29, 1.82) is 0 Å². The molecule has 1 N–H and O–H groups in total. The molecule has 9 nitrogen and oxygen atoms in total. The number of benzene rings is 2. The molecule has 0 unspecified atom stereocenters. The van der Waals surface area contributed by atoms with Crippen molar-refractivity contribution < 1.29 is 38.1 Å². The lowest BCUT2D eigenvalue weighted by molar-refractivity contribution is -0.149. The predicted octanol–water partition coefficient (Wildman–Crippen LogP) is 3.50. The van der Waals surface area contributed by atoms with Crippen LogP contribution in [0.4, 0.5) is 5.69 Å². The fraction of sp³-hybridized carbons (Fsp3) is 0.375. The first-order valence-corrected chi connectivity index (χ1v) is 10.7. The van der Waals surface area contributed by atoms with Crippen LogP contribution < -0.4 is 24.3 Å². The molecule has 0 bridgehead atoms. The second-order valence-corrected chi connectivity index (χ2v) is 7.90. The van der Waals surface area contributed by atoms with Crippen LogP contribution in [-0.4, -0.2) is 43.8 Å². The molecule has 9 heteroatoms. The summed E-state index contributed by atoms with van der Waals surface area (Å²) < 4.78 is 27.5. The monoisotopic (exact) mass is 455 g/mol. The number of methoxy groups -OCH3 is 1. The van der Waals surface area contributed by atoms with Crippen LogP contribution in [-0.2, 0) is 14.3 Å². The molecule has 2 aromatic rings. The van der Waals surface area contributed by atoms with E-state index < -0.39 is 30.9 Å². The molecule has 1 aliphatic heterocycles. The van der Waals surface area contributed by atoms with Gasteiger partial charge < -0.3 is 29.0 Å². The van der Waals surface area contributed by atoms with Crippen molar-refractivity contribution in [3.8, 4) is 23.0 Å². The molecule has 174 valence electrons. The number of carbonyl (C=O) groups is 3. The minimum atomic E-state index is -0.725. The fourth-order valence-electron chi connectivity index (χ4n) is 3.82. The standard InChI is InChI=1S/C24H25NO8/c1-15(26)16-5-7-18(20(11-16)29-2)30-14-23(28)31-13-22(27)25-17-6-8-19-21(12-17)33-24(32-19)9-3-4-10-24/h5-8,11-12H,3-4,9-10,13-14H2,1-2H3,(H,25,27). The van der Waals surface area contributed by atoms with E-state index in [0.717, 1.165) is 25.7 Å². The molecule has 1 spiro atoms. The van der Waals surface area contributed by atoms with E-state index in [9.17, 15) is 14.4 Å². The van der Waals surface area contributed by atoms with Gasteiger partial charge in [-0.1, -0.05) is 0 Å². The van der Waals surface area contributed by atoms with E-state index in [2.05, 4.69) is 5.32 Å². The van der Waals surface area contributed by atoms with E-state index in [4.69, 9.17) is 23.7 Å². The number of hydrogen-bond acceptors (Lipinski definition) is 8. The molecule has 2 aliphatic rings. The molecule has 1 saturated carbocycles. The maximum atomic E-state index is 12.2. The lowest BCUT2D eigenvalue weighted by atomic mass is 10.1. The first-order chi connectivity index (χ1) is 15.9. The van der Waals surface area contributed by atoms with Gasteiger partial charge in [-0.05, 0) is 50.1 Å². The van der Waals surface area contributed by atoms with Crippen LogP contribution in [0.25, 0.3) is 0 Å². The minimum absolute atomic E-state index is 0.120. The number of ketones is 1. The van der Waals surface area contributed by atoms with Gasteiger partial charge >= 0.3 is 5.97 Å². The number of carbonyl (C=O) groups excluding carboxylic acids is 3. The Kier molecular flexibility index (Phi) is 6.39. The van der Waals surface area contributed by atoms with Gasteiger partial charge in [0.15, 0.2) is 42.0 Å². The highest BCUT2D eigenvalue weighted by Gasteiger charge is 2.44. The fourth-order valence-corrected chi connectivity index (χ4v) is 3.82. The van der Waals surface area contributed by atoms with Crippen molar-refractivity contribution in [3.63, 3.8) is 0 Å². The molecule has 0 radical (unpaired) electrons. The SMILES string of the molecule is COc1cc(C(C)=O)ccc1OCC(=O)OCC(=O)Nc1ccc2c(c1)OC1(CCCC1)O2. The maximum Gasteiger partial charge on any atom is 0.344 e. The lowest BCUT2D eigenvalue weighted by Gasteiger charge is -2.21. The molecule has 0 saturated heterocycles. The Morgan fingerprint density at radius 1 is 0.970 bits per heavy atom. The summed E-state index contributed by atoms with van der Waals surface area (Å²) in [6.45, 7) is 0.545. The molecule has 2 aromatic carbocycles. The Balaban J connectivity index is 1.24. The number of amides is 1. The van der Waals surface area contributed by atoms with E-state index in [1.807, 2.05) is 0 Å². The van der Waals surface area contributed by atoms with Crippen LogP contribution in [0.2, 0.25) is 0 Å². The highest BCUT2D eigenvalue weighted by molar-refractivity contribution is 5.95. The summed E-state index contributed by atoms with van der Waals surface area (Å²) in [5.41, 5.74) is 0.973. The largest absolute Gasteiger partial charge is 0.493 e. The van der Waals surface area contributed by atoms with E-state index >= 15 is 0 Å². The number of esters is 1. The molecule has 33 heavy (non-hydrogen) atoms. The summed E-state index contributed by atoms with van der Waals surface area (Å²) in [5.74, 6) is -0.0753. The molecular formula is C24H25NO8. The van der Waals surface area contributed by atoms with Crippen LogP contribution in [0.5, 0.6) is 23.0 Å². The van der Waals surface area contributed by atoms with E-state index in [0.29, 0.717) is 28.5 Å². The number of anilines is 1. The van der Waals surface area contributed by atoms with Crippen LogP contribution in [0.3, 0.4) is 0 Å². The van der Waals surface area contributed by atoms with Gasteiger partial charge in [0, 0.05) is 30.2 Å². The van der Waals surface area contributed by atoms with Crippen LogP contribution in [0.15, 0.2) is 36.4 Å². The summed E-state index contributed by atoms with van der Waals surface area (Å²) in [6.07, 6.45) is 3.80. The summed E-state index contributed by atoms with van der Waals surface area (Å²) in [6, 6.07) is 9.78. The average Bonchev–Trinajstić information content (AvgIpc) is 3.41. The van der Waals surface area contributed by atoms with Gasteiger partial charge in [0.05, 0.1) is 7.11 Å². The van der Waals surface area contributed by atoms with Gasteiger partial charge in [-0.15, -0.1) is 0 Å². The second kappa shape index (κ2) is 9.40. The quantitative estimate of drug-likeness (QED) is 0.476.